The first-order valence-corrected chi connectivity index (χ1v) is 3.38. The Balaban J connectivity index is 2.90. The largest absolute Gasteiger partial charge is 0.378 e. The van der Waals surface area contributed by atoms with Gasteiger partial charge in [0.1, 0.15) is 0 Å². The van der Waals surface area contributed by atoms with Crippen molar-refractivity contribution >= 4 is 6.29 Å². The number of rotatable bonds is 3. The van der Waals surface area contributed by atoms with Crippen LogP contribution in [0.15, 0.2) is 12.1 Å². The summed E-state index contributed by atoms with van der Waals surface area (Å²) in [5.74, 6) is 0. The third kappa shape index (κ3) is 1.49. The number of methoxy groups -OCH3 is 1. The first-order valence-electron chi connectivity index (χ1n) is 3.38. The molecule has 0 aliphatic carbocycles. The SMILES string of the molecule is COCc1ccc(C=O)n1C. The number of aldehydes is 1. The van der Waals surface area contributed by atoms with Crippen molar-refractivity contribution in [3.8, 4) is 0 Å². The maximum atomic E-state index is 10.4. The monoisotopic (exact) mass is 153 g/mol. The summed E-state index contributed by atoms with van der Waals surface area (Å²) in [6.07, 6.45) is 0.832. The smallest absolute Gasteiger partial charge is 0.166 e. The van der Waals surface area contributed by atoms with E-state index in [-0.39, 0.29) is 0 Å². The number of ether oxygens (including phenoxy) is 1. The molecule has 1 aromatic rings. The Morgan fingerprint density at radius 2 is 2.36 bits per heavy atom. The highest BCUT2D eigenvalue weighted by Gasteiger charge is 2.01. The second-order valence-electron chi connectivity index (χ2n) is 2.36. The maximum absolute atomic E-state index is 10.4. The summed E-state index contributed by atoms with van der Waals surface area (Å²) >= 11 is 0. The normalized spacial score (nSPS) is 10.0. The van der Waals surface area contributed by atoms with Gasteiger partial charge in [0, 0.05) is 19.9 Å². The van der Waals surface area contributed by atoms with Crippen LogP contribution in [0.5, 0.6) is 0 Å². The summed E-state index contributed by atoms with van der Waals surface area (Å²) < 4.78 is 6.75. The zero-order chi connectivity index (χ0) is 8.27. The average molecular weight is 153 g/mol. The lowest BCUT2D eigenvalue weighted by atomic mass is 10.4. The Kier molecular flexibility index (Phi) is 2.44. The predicted octanol–water partition coefficient (Wildman–Crippen LogP) is 0.984. The Morgan fingerprint density at radius 1 is 1.64 bits per heavy atom. The summed E-state index contributed by atoms with van der Waals surface area (Å²) in [6.45, 7) is 0.546. The lowest BCUT2D eigenvalue weighted by molar-refractivity contribution is 0.111. The van der Waals surface area contributed by atoms with Crippen molar-refractivity contribution in [2.45, 2.75) is 6.61 Å². The molecule has 0 spiro atoms. The van der Waals surface area contributed by atoms with E-state index in [0.29, 0.717) is 12.3 Å². The van der Waals surface area contributed by atoms with Crippen molar-refractivity contribution in [1.82, 2.24) is 4.57 Å². The highest BCUT2D eigenvalue weighted by Crippen LogP contribution is 2.05. The van der Waals surface area contributed by atoms with Crippen LogP contribution in [0.3, 0.4) is 0 Å². The van der Waals surface area contributed by atoms with E-state index in [9.17, 15) is 4.79 Å². The van der Waals surface area contributed by atoms with Crippen LogP contribution >= 0.6 is 0 Å². The average Bonchev–Trinajstić information content (AvgIpc) is 2.34. The first-order chi connectivity index (χ1) is 5.29. The molecule has 0 aromatic carbocycles. The number of hydrogen-bond donors (Lipinski definition) is 0. The lowest BCUT2D eigenvalue weighted by Gasteiger charge is -2.01. The van der Waals surface area contributed by atoms with Gasteiger partial charge in [0.05, 0.1) is 12.3 Å². The molecular formula is C8H11NO2. The molecular weight excluding hydrogens is 142 g/mol. The Bertz CT molecular complexity index is 253. The van der Waals surface area contributed by atoms with Gasteiger partial charge >= 0.3 is 0 Å². The molecule has 11 heavy (non-hydrogen) atoms. The summed E-state index contributed by atoms with van der Waals surface area (Å²) in [6, 6.07) is 3.66. The number of hydrogen-bond acceptors (Lipinski definition) is 2. The van der Waals surface area contributed by atoms with Gasteiger partial charge in [-0.05, 0) is 12.1 Å². The van der Waals surface area contributed by atoms with E-state index in [1.54, 1.807) is 13.2 Å². The first kappa shape index (κ1) is 8.01. The standard InChI is InChI=1S/C8H11NO2/c1-9-7(5-10)3-4-8(9)6-11-2/h3-5H,6H2,1-2H3. The van der Waals surface area contributed by atoms with Crippen molar-refractivity contribution in [2.75, 3.05) is 7.11 Å². The van der Waals surface area contributed by atoms with Crippen molar-refractivity contribution in [2.24, 2.45) is 7.05 Å². The number of aromatic nitrogens is 1. The molecule has 0 saturated carbocycles. The molecule has 3 nitrogen and oxygen atoms in total. The van der Waals surface area contributed by atoms with Gasteiger partial charge in [-0.2, -0.15) is 0 Å². The van der Waals surface area contributed by atoms with E-state index in [1.165, 1.54) is 0 Å². The molecule has 3 heteroatoms. The van der Waals surface area contributed by atoms with Gasteiger partial charge < -0.3 is 9.30 Å². The minimum absolute atomic E-state index is 0.546. The zero-order valence-electron chi connectivity index (χ0n) is 6.70. The third-order valence-corrected chi connectivity index (χ3v) is 1.68. The fraction of sp³-hybridized carbons (Fsp3) is 0.375. The topological polar surface area (TPSA) is 31.2 Å². The van der Waals surface area contributed by atoms with Crippen molar-refractivity contribution < 1.29 is 9.53 Å². The van der Waals surface area contributed by atoms with E-state index < -0.39 is 0 Å². The van der Waals surface area contributed by atoms with Crippen LogP contribution in [0.25, 0.3) is 0 Å². The Hall–Kier alpha value is -1.09. The van der Waals surface area contributed by atoms with Crippen LogP contribution in [-0.4, -0.2) is 18.0 Å². The number of carbonyl (C=O) groups excluding carboxylic acids is 1. The van der Waals surface area contributed by atoms with E-state index in [2.05, 4.69) is 0 Å². The molecule has 1 heterocycles. The second kappa shape index (κ2) is 3.34. The Morgan fingerprint density at radius 3 is 2.82 bits per heavy atom. The van der Waals surface area contributed by atoms with E-state index in [1.807, 2.05) is 17.7 Å². The minimum atomic E-state index is 0.546. The van der Waals surface area contributed by atoms with Crippen LogP contribution in [0.2, 0.25) is 0 Å². The summed E-state index contributed by atoms with van der Waals surface area (Å²) in [4.78, 5) is 10.4. The molecule has 0 atom stereocenters. The van der Waals surface area contributed by atoms with Crippen LogP contribution in [-0.2, 0) is 18.4 Å². The number of nitrogens with zero attached hydrogens (tertiary/aromatic N) is 1. The molecule has 0 saturated heterocycles. The highest BCUT2D eigenvalue weighted by molar-refractivity contribution is 5.72. The fourth-order valence-corrected chi connectivity index (χ4v) is 0.982. The van der Waals surface area contributed by atoms with E-state index >= 15 is 0 Å². The molecule has 0 aliphatic rings. The molecule has 0 aliphatic heterocycles. The second-order valence-corrected chi connectivity index (χ2v) is 2.36. The van der Waals surface area contributed by atoms with E-state index in [4.69, 9.17) is 4.74 Å². The molecule has 1 rings (SSSR count). The van der Waals surface area contributed by atoms with Gasteiger partial charge in [0.15, 0.2) is 6.29 Å². The minimum Gasteiger partial charge on any atom is -0.378 e. The molecule has 0 bridgehead atoms. The quantitative estimate of drug-likeness (QED) is 0.606. The van der Waals surface area contributed by atoms with Gasteiger partial charge in [-0.1, -0.05) is 0 Å². The van der Waals surface area contributed by atoms with Gasteiger partial charge in [-0.25, -0.2) is 0 Å². The summed E-state index contributed by atoms with van der Waals surface area (Å²) in [5, 5.41) is 0. The fourth-order valence-electron chi connectivity index (χ4n) is 0.982. The number of carbonyl (C=O) groups is 1. The van der Waals surface area contributed by atoms with E-state index in [0.717, 1.165) is 12.0 Å². The highest BCUT2D eigenvalue weighted by atomic mass is 16.5. The zero-order valence-corrected chi connectivity index (χ0v) is 6.70. The Labute approximate surface area is 65.6 Å². The molecule has 0 unspecified atom stereocenters. The molecule has 0 amide bonds. The van der Waals surface area contributed by atoms with Crippen molar-refractivity contribution in [1.29, 1.82) is 0 Å². The van der Waals surface area contributed by atoms with Gasteiger partial charge in [-0.3, -0.25) is 4.79 Å². The molecule has 1 aromatic heterocycles. The predicted molar refractivity (Wildman–Crippen MR) is 41.5 cm³/mol. The van der Waals surface area contributed by atoms with Crippen LogP contribution in [0.4, 0.5) is 0 Å². The summed E-state index contributed by atoms with van der Waals surface area (Å²) in [7, 11) is 3.48. The van der Waals surface area contributed by atoms with Crippen LogP contribution < -0.4 is 0 Å². The molecule has 0 N–H and O–H groups in total. The molecule has 0 fully saturated rings. The molecule has 60 valence electrons. The third-order valence-electron chi connectivity index (χ3n) is 1.68. The van der Waals surface area contributed by atoms with Crippen molar-refractivity contribution in [3.05, 3.63) is 23.5 Å². The van der Waals surface area contributed by atoms with Crippen LogP contribution in [0, 0.1) is 0 Å². The molecule has 0 radical (unpaired) electrons. The maximum Gasteiger partial charge on any atom is 0.166 e. The van der Waals surface area contributed by atoms with Crippen molar-refractivity contribution in [3.63, 3.8) is 0 Å². The summed E-state index contributed by atoms with van der Waals surface area (Å²) in [5.41, 5.74) is 1.69. The van der Waals surface area contributed by atoms with Gasteiger partial charge in [-0.15, -0.1) is 0 Å². The van der Waals surface area contributed by atoms with Gasteiger partial charge in [0.25, 0.3) is 0 Å². The van der Waals surface area contributed by atoms with Crippen LogP contribution in [0.1, 0.15) is 16.2 Å². The van der Waals surface area contributed by atoms with Gasteiger partial charge in [0.2, 0.25) is 0 Å². The lowest BCUT2D eigenvalue weighted by Crippen LogP contribution is -2.00.